The minimum Gasteiger partial charge on any atom is -0.307 e. The third-order valence-electron chi connectivity index (χ3n) is 3.33. The van der Waals surface area contributed by atoms with Crippen LogP contribution in [-0.4, -0.2) is 20.9 Å². The second-order valence-corrected chi connectivity index (χ2v) is 5.01. The van der Waals surface area contributed by atoms with Crippen molar-refractivity contribution >= 4 is 11.0 Å². The Labute approximate surface area is 121 Å². The molecule has 0 saturated carbocycles. The largest absolute Gasteiger partial charge is 0.458 e. The number of aromatic nitrogens is 3. The summed E-state index contributed by atoms with van der Waals surface area (Å²) in [6, 6.07) is 0.286. The zero-order valence-corrected chi connectivity index (χ0v) is 11.9. The van der Waals surface area contributed by atoms with Crippen molar-refractivity contribution in [3.63, 3.8) is 0 Å². The molecule has 0 aliphatic heterocycles. The van der Waals surface area contributed by atoms with E-state index in [1.165, 1.54) is 11.6 Å². The Bertz CT molecular complexity index is 744. The van der Waals surface area contributed by atoms with Gasteiger partial charge >= 0.3 is 12.1 Å². The lowest BCUT2D eigenvalue weighted by molar-refractivity contribution is -0.288. The van der Waals surface area contributed by atoms with E-state index in [9.17, 15) is 26.7 Å². The minimum absolute atomic E-state index is 0.0151. The second kappa shape index (κ2) is 5.36. The fourth-order valence-electron chi connectivity index (χ4n) is 2.26. The SMILES string of the molecule is CCCCn1nc(C)c2c(C(F)(F)C(F)(F)F)cc(=O)[nH]c21. The summed E-state index contributed by atoms with van der Waals surface area (Å²) in [6.07, 6.45) is -4.35. The predicted octanol–water partition coefficient (Wildman–Crippen LogP) is 3.49. The minimum atomic E-state index is -5.79. The van der Waals surface area contributed by atoms with Crippen molar-refractivity contribution in [1.82, 2.24) is 14.8 Å². The highest BCUT2D eigenvalue weighted by Gasteiger charge is 2.59. The lowest BCUT2D eigenvalue weighted by Crippen LogP contribution is -2.35. The first-order valence-corrected chi connectivity index (χ1v) is 6.65. The van der Waals surface area contributed by atoms with E-state index in [0.29, 0.717) is 13.0 Å². The van der Waals surface area contributed by atoms with Crippen LogP contribution in [0.25, 0.3) is 11.0 Å². The molecule has 9 heteroatoms. The van der Waals surface area contributed by atoms with Gasteiger partial charge < -0.3 is 4.98 Å². The Morgan fingerprint density at radius 2 is 1.91 bits per heavy atom. The molecule has 2 rings (SSSR count). The van der Waals surface area contributed by atoms with Crippen LogP contribution in [0.3, 0.4) is 0 Å². The number of aromatic amines is 1. The molecule has 4 nitrogen and oxygen atoms in total. The standard InChI is InChI=1S/C13H14F5N3O/c1-3-4-5-21-11-10(7(2)20-21)8(6-9(22)19-11)12(14,15)13(16,17)18/h6H,3-5H2,1-2H3,(H,19,22). The molecule has 2 heterocycles. The Hall–Kier alpha value is -1.93. The number of hydrogen-bond donors (Lipinski definition) is 1. The van der Waals surface area contributed by atoms with Gasteiger partial charge in [0.05, 0.1) is 5.69 Å². The smallest absolute Gasteiger partial charge is 0.307 e. The Morgan fingerprint density at radius 3 is 2.45 bits per heavy atom. The first-order chi connectivity index (χ1) is 10.1. The van der Waals surface area contributed by atoms with Crippen molar-refractivity contribution in [1.29, 1.82) is 0 Å². The van der Waals surface area contributed by atoms with Crippen LogP contribution in [0.2, 0.25) is 0 Å². The molecule has 0 spiro atoms. The highest BCUT2D eigenvalue weighted by Crippen LogP contribution is 2.45. The normalized spacial score (nSPS) is 13.0. The second-order valence-electron chi connectivity index (χ2n) is 5.01. The molecule has 1 N–H and O–H groups in total. The average molecular weight is 323 g/mol. The van der Waals surface area contributed by atoms with E-state index in [1.54, 1.807) is 0 Å². The number of pyridine rings is 1. The van der Waals surface area contributed by atoms with Crippen LogP contribution in [0.4, 0.5) is 22.0 Å². The molecule has 122 valence electrons. The van der Waals surface area contributed by atoms with Crippen LogP contribution in [0.5, 0.6) is 0 Å². The molecule has 22 heavy (non-hydrogen) atoms. The first-order valence-electron chi connectivity index (χ1n) is 6.65. The van der Waals surface area contributed by atoms with Gasteiger partial charge in [-0.25, -0.2) is 4.68 Å². The molecular weight excluding hydrogens is 309 g/mol. The lowest BCUT2D eigenvalue weighted by atomic mass is 10.0. The van der Waals surface area contributed by atoms with Gasteiger partial charge in [-0.1, -0.05) is 13.3 Å². The fraction of sp³-hybridized carbons (Fsp3) is 0.538. The average Bonchev–Trinajstić information content (AvgIpc) is 2.70. The van der Waals surface area contributed by atoms with Crippen LogP contribution < -0.4 is 5.56 Å². The van der Waals surface area contributed by atoms with Gasteiger partial charge in [0.1, 0.15) is 5.65 Å². The van der Waals surface area contributed by atoms with E-state index >= 15 is 0 Å². The maximum Gasteiger partial charge on any atom is 0.458 e. The zero-order chi connectivity index (χ0) is 16.7. The lowest BCUT2D eigenvalue weighted by Gasteiger charge is -2.20. The third-order valence-corrected chi connectivity index (χ3v) is 3.33. The van der Waals surface area contributed by atoms with Gasteiger partial charge in [0.2, 0.25) is 5.56 Å². The van der Waals surface area contributed by atoms with E-state index in [1.807, 2.05) is 6.92 Å². The van der Waals surface area contributed by atoms with E-state index < -0.39 is 23.2 Å². The van der Waals surface area contributed by atoms with Crippen LogP contribution in [0.1, 0.15) is 31.0 Å². The summed E-state index contributed by atoms with van der Waals surface area (Å²) in [4.78, 5) is 13.8. The number of nitrogens with zero attached hydrogens (tertiary/aromatic N) is 2. The Morgan fingerprint density at radius 1 is 1.27 bits per heavy atom. The molecule has 0 aromatic carbocycles. The maximum atomic E-state index is 13.7. The van der Waals surface area contributed by atoms with Crippen molar-refractivity contribution in [3.8, 4) is 0 Å². The summed E-state index contributed by atoms with van der Waals surface area (Å²) >= 11 is 0. The number of halogens is 5. The number of nitrogens with one attached hydrogen (secondary N) is 1. The van der Waals surface area contributed by atoms with E-state index in [-0.39, 0.29) is 22.8 Å². The van der Waals surface area contributed by atoms with Gasteiger partial charge in [0, 0.05) is 23.6 Å². The van der Waals surface area contributed by atoms with Gasteiger partial charge in [-0.3, -0.25) is 4.79 Å². The van der Waals surface area contributed by atoms with Crippen molar-refractivity contribution < 1.29 is 22.0 Å². The van der Waals surface area contributed by atoms with Crippen LogP contribution in [-0.2, 0) is 12.5 Å². The van der Waals surface area contributed by atoms with Gasteiger partial charge in [0.25, 0.3) is 0 Å². The molecule has 0 unspecified atom stereocenters. The highest BCUT2D eigenvalue weighted by molar-refractivity contribution is 5.82. The monoisotopic (exact) mass is 323 g/mol. The van der Waals surface area contributed by atoms with Crippen LogP contribution in [0.15, 0.2) is 10.9 Å². The molecule has 0 fully saturated rings. The van der Waals surface area contributed by atoms with E-state index in [0.717, 1.165) is 6.42 Å². The summed E-state index contributed by atoms with van der Waals surface area (Å²) < 4.78 is 66.5. The van der Waals surface area contributed by atoms with Crippen LogP contribution >= 0.6 is 0 Å². The molecule has 0 atom stereocenters. The van der Waals surface area contributed by atoms with Gasteiger partial charge in [-0.2, -0.15) is 27.1 Å². The van der Waals surface area contributed by atoms with Crippen molar-refractivity contribution in [2.24, 2.45) is 0 Å². The predicted molar refractivity (Wildman–Crippen MR) is 69.9 cm³/mol. The van der Waals surface area contributed by atoms with Gasteiger partial charge in [-0.15, -0.1) is 0 Å². The summed E-state index contributed by atoms with van der Waals surface area (Å²) in [5, 5.41) is 3.61. The van der Waals surface area contributed by atoms with Crippen molar-refractivity contribution in [3.05, 3.63) is 27.7 Å². The van der Waals surface area contributed by atoms with E-state index in [4.69, 9.17) is 0 Å². The number of fused-ring (bicyclic) bond motifs is 1. The van der Waals surface area contributed by atoms with Crippen molar-refractivity contribution in [2.45, 2.75) is 45.3 Å². The molecule has 0 aliphatic carbocycles. The zero-order valence-electron chi connectivity index (χ0n) is 11.9. The molecule has 0 radical (unpaired) electrons. The number of H-pyrrole nitrogens is 1. The summed E-state index contributed by atoms with van der Waals surface area (Å²) in [5.74, 6) is -5.12. The van der Waals surface area contributed by atoms with Gasteiger partial charge in [0.15, 0.2) is 0 Å². The molecule has 0 saturated heterocycles. The Balaban J connectivity index is 2.76. The summed E-state index contributed by atoms with van der Waals surface area (Å²) in [7, 11) is 0. The highest BCUT2D eigenvalue weighted by atomic mass is 19.4. The maximum absolute atomic E-state index is 13.7. The third kappa shape index (κ3) is 2.59. The molecule has 0 bridgehead atoms. The molecule has 2 aromatic heterocycles. The number of unbranched alkanes of at least 4 members (excludes halogenated alkanes) is 1. The molecule has 0 amide bonds. The fourth-order valence-corrected chi connectivity index (χ4v) is 2.26. The number of aryl methyl sites for hydroxylation is 2. The summed E-state index contributed by atoms with van der Waals surface area (Å²) in [6.45, 7) is 3.54. The van der Waals surface area contributed by atoms with Crippen molar-refractivity contribution in [2.75, 3.05) is 0 Å². The number of rotatable bonds is 4. The first kappa shape index (κ1) is 16.4. The van der Waals surface area contributed by atoms with E-state index in [2.05, 4.69) is 10.1 Å². The topological polar surface area (TPSA) is 50.7 Å². The number of hydrogen-bond acceptors (Lipinski definition) is 2. The van der Waals surface area contributed by atoms with Crippen LogP contribution in [0, 0.1) is 6.92 Å². The molecular formula is C13H14F5N3O. The summed E-state index contributed by atoms with van der Waals surface area (Å²) in [5.41, 5.74) is -2.48. The molecule has 2 aromatic rings. The molecule has 0 aliphatic rings. The number of alkyl halides is 5. The Kier molecular flexibility index (Phi) is 4.01. The van der Waals surface area contributed by atoms with Gasteiger partial charge in [-0.05, 0) is 13.3 Å². The quantitative estimate of drug-likeness (QED) is 0.876.